The van der Waals surface area contributed by atoms with Gasteiger partial charge in [-0.15, -0.1) is 46.7 Å². The van der Waals surface area contributed by atoms with E-state index in [1.807, 2.05) is 24.6 Å². The minimum Gasteiger partial charge on any atom is -0.379 e. The van der Waals surface area contributed by atoms with E-state index in [4.69, 9.17) is 4.74 Å². The second-order valence-corrected chi connectivity index (χ2v) is 8.92. The van der Waals surface area contributed by atoms with E-state index in [9.17, 15) is 0 Å². The molecule has 1 unspecified atom stereocenters. The zero-order valence-corrected chi connectivity index (χ0v) is 20.0. The maximum Gasteiger partial charge on any atom is 0.191 e. The number of hydrogen-bond donors (Lipinski definition) is 2. The smallest absolute Gasteiger partial charge is 0.191 e. The molecule has 0 aliphatic carbocycles. The van der Waals surface area contributed by atoms with E-state index in [-0.39, 0.29) is 24.0 Å². The SMILES string of the molecule is CN=C(NCc1ncc(C)s1)NCC(c1ccc(C)s1)N1CCOCC1.I. The van der Waals surface area contributed by atoms with E-state index in [2.05, 4.69) is 51.5 Å². The molecular formula is C18H28IN5OS2. The van der Waals surface area contributed by atoms with E-state index in [1.54, 1.807) is 11.3 Å². The van der Waals surface area contributed by atoms with Gasteiger partial charge in [-0.25, -0.2) is 4.98 Å². The van der Waals surface area contributed by atoms with Crippen LogP contribution in [0.15, 0.2) is 23.3 Å². The van der Waals surface area contributed by atoms with Crippen LogP contribution in [0.5, 0.6) is 0 Å². The Morgan fingerprint density at radius 2 is 2.00 bits per heavy atom. The average Bonchev–Trinajstić information content (AvgIpc) is 3.27. The zero-order chi connectivity index (χ0) is 18.4. The lowest BCUT2D eigenvalue weighted by Gasteiger charge is -2.34. The molecule has 1 fully saturated rings. The Morgan fingerprint density at radius 1 is 1.22 bits per heavy atom. The number of nitrogens with zero attached hydrogens (tertiary/aromatic N) is 3. The van der Waals surface area contributed by atoms with Crippen LogP contribution in [0.2, 0.25) is 0 Å². The van der Waals surface area contributed by atoms with E-state index >= 15 is 0 Å². The number of ether oxygens (including phenoxy) is 1. The molecule has 0 amide bonds. The van der Waals surface area contributed by atoms with Crippen molar-refractivity contribution in [3.8, 4) is 0 Å². The Balaban J connectivity index is 0.00000261. The van der Waals surface area contributed by atoms with Crippen LogP contribution in [-0.4, -0.2) is 55.7 Å². The molecule has 2 aromatic heterocycles. The predicted octanol–water partition coefficient (Wildman–Crippen LogP) is 3.18. The highest BCUT2D eigenvalue weighted by molar-refractivity contribution is 14.0. The number of guanidine groups is 1. The molecule has 3 heterocycles. The van der Waals surface area contributed by atoms with Gasteiger partial charge in [0.25, 0.3) is 0 Å². The minimum absolute atomic E-state index is 0. The second kappa shape index (κ2) is 11.3. The van der Waals surface area contributed by atoms with Gasteiger partial charge in [0.05, 0.1) is 25.8 Å². The first-order chi connectivity index (χ1) is 12.7. The molecule has 0 spiro atoms. The van der Waals surface area contributed by atoms with Crippen LogP contribution in [0.25, 0.3) is 0 Å². The number of rotatable bonds is 6. The number of aromatic nitrogens is 1. The summed E-state index contributed by atoms with van der Waals surface area (Å²) in [5.41, 5.74) is 0. The first-order valence-corrected chi connectivity index (χ1v) is 10.5. The Bertz CT molecular complexity index is 727. The van der Waals surface area contributed by atoms with Gasteiger partial charge in [-0.2, -0.15) is 0 Å². The zero-order valence-electron chi connectivity index (χ0n) is 16.0. The summed E-state index contributed by atoms with van der Waals surface area (Å²) in [5, 5.41) is 7.93. The molecule has 3 rings (SSSR count). The molecule has 27 heavy (non-hydrogen) atoms. The summed E-state index contributed by atoms with van der Waals surface area (Å²) in [6.45, 7) is 9.28. The highest BCUT2D eigenvalue weighted by atomic mass is 127. The summed E-state index contributed by atoms with van der Waals surface area (Å²) in [6, 6.07) is 4.78. The first kappa shape index (κ1) is 22.5. The predicted molar refractivity (Wildman–Crippen MR) is 125 cm³/mol. The number of thiophene rings is 1. The van der Waals surface area contributed by atoms with E-state index in [0.717, 1.165) is 43.8 Å². The van der Waals surface area contributed by atoms with Gasteiger partial charge in [0.1, 0.15) is 5.01 Å². The van der Waals surface area contributed by atoms with Crippen molar-refractivity contribution in [3.63, 3.8) is 0 Å². The quantitative estimate of drug-likeness (QED) is 0.348. The van der Waals surface area contributed by atoms with Crippen LogP contribution in [0, 0.1) is 13.8 Å². The minimum atomic E-state index is 0. The monoisotopic (exact) mass is 521 g/mol. The summed E-state index contributed by atoms with van der Waals surface area (Å²) in [6.07, 6.45) is 1.91. The van der Waals surface area contributed by atoms with Crippen molar-refractivity contribution in [2.24, 2.45) is 4.99 Å². The van der Waals surface area contributed by atoms with Gasteiger partial charge in [0.2, 0.25) is 0 Å². The number of morpholine rings is 1. The van der Waals surface area contributed by atoms with Crippen molar-refractivity contribution >= 4 is 52.6 Å². The molecule has 0 aromatic carbocycles. The second-order valence-electron chi connectivity index (χ2n) is 6.28. The maximum atomic E-state index is 5.53. The third kappa shape index (κ3) is 6.67. The van der Waals surface area contributed by atoms with Gasteiger partial charge >= 0.3 is 0 Å². The molecule has 2 aromatic rings. The summed E-state index contributed by atoms with van der Waals surface area (Å²) in [4.78, 5) is 15.2. The average molecular weight is 521 g/mol. The largest absolute Gasteiger partial charge is 0.379 e. The van der Waals surface area contributed by atoms with E-state index in [1.165, 1.54) is 14.6 Å². The van der Waals surface area contributed by atoms with Gasteiger partial charge in [-0.3, -0.25) is 9.89 Å². The first-order valence-electron chi connectivity index (χ1n) is 8.89. The van der Waals surface area contributed by atoms with Crippen LogP contribution in [0.4, 0.5) is 0 Å². The lowest BCUT2D eigenvalue weighted by molar-refractivity contribution is 0.0177. The fourth-order valence-corrected chi connectivity index (χ4v) is 4.73. The molecule has 1 aliphatic rings. The highest BCUT2D eigenvalue weighted by Crippen LogP contribution is 2.27. The summed E-state index contributed by atoms with van der Waals surface area (Å²) >= 11 is 3.58. The number of thiazole rings is 1. The van der Waals surface area contributed by atoms with Gasteiger partial charge in [-0.1, -0.05) is 0 Å². The maximum absolute atomic E-state index is 5.53. The Kier molecular flexibility index (Phi) is 9.43. The van der Waals surface area contributed by atoms with Gasteiger partial charge in [0.15, 0.2) is 5.96 Å². The molecule has 1 atom stereocenters. The number of halogens is 1. The Morgan fingerprint density at radius 3 is 2.59 bits per heavy atom. The molecule has 1 saturated heterocycles. The van der Waals surface area contributed by atoms with Crippen molar-refractivity contribution in [2.45, 2.75) is 26.4 Å². The van der Waals surface area contributed by atoms with Gasteiger partial charge in [0, 0.05) is 47.5 Å². The van der Waals surface area contributed by atoms with Crippen LogP contribution in [0.3, 0.4) is 0 Å². The Hall–Kier alpha value is -0.750. The summed E-state index contributed by atoms with van der Waals surface area (Å²) in [5.74, 6) is 0.810. The van der Waals surface area contributed by atoms with Crippen molar-refractivity contribution in [3.05, 3.63) is 38.0 Å². The van der Waals surface area contributed by atoms with E-state index < -0.39 is 0 Å². The lowest BCUT2D eigenvalue weighted by atomic mass is 10.2. The molecule has 0 saturated carbocycles. The van der Waals surface area contributed by atoms with Crippen LogP contribution >= 0.6 is 46.7 Å². The van der Waals surface area contributed by atoms with Gasteiger partial charge in [-0.05, 0) is 26.0 Å². The van der Waals surface area contributed by atoms with E-state index in [0.29, 0.717) is 12.6 Å². The van der Waals surface area contributed by atoms with Crippen molar-refractivity contribution in [1.82, 2.24) is 20.5 Å². The molecule has 0 bridgehead atoms. The van der Waals surface area contributed by atoms with Crippen LogP contribution in [-0.2, 0) is 11.3 Å². The van der Waals surface area contributed by atoms with Crippen molar-refractivity contribution in [2.75, 3.05) is 39.9 Å². The number of nitrogens with one attached hydrogen (secondary N) is 2. The third-order valence-corrected chi connectivity index (χ3v) is 6.35. The van der Waals surface area contributed by atoms with Crippen molar-refractivity contribution in [1.29, 1.82) is 0 Å². The fourth-order valence-electron chi connectivity index (χ4n) is 2.99. The van der Waals surface area contributed by atoms with Gasteiger partial charge < -0.3 is 15.4 Å². The Labute approximate surface area is 186 Å². The normalized spacial score (nSPS) is 16.6. The molecule has 150 valence electrons. The summed E-state index contributed by atoms with van der Waals surface area (Å²) in [7, 11) is 1.81. The van der Waals surface area contributed by atoms with Crippen LogP contribution in [0.1, 0.15) is 25.7 Å². The standard InChI is InChI=1S/C18H27N5OS2.HI/c1-13-4-5-16(25-13)15(23-6-8-24-9-7-23)11-21-18(19-3)22-12-17-20-10-14(2)26-17;/h4-5,10,15H,6-9,11-12H2,1-3H3,(H2,19,21,22);1H. The topological polar surface area (TPSA) is 61.8 Å². The third-order valence-electron chi connectivity index (χ3n) is 4.34. The lowest BCUT2D eigenvalue weighted by Crippen LogP contribution is -2.46. The molecule has 2 N–H and O–H groups in total. The molecule has 6 nitrogen and oxygen atoms in total. The number of hydrogen-bond acceptors (Lipinski definition) is 6. The fraction of sp³-hybridized carbons (Fsp3) is 0.556. The summed E-state index contributed by atoms with van der Waals surface area (Å²) < 4.78 is 5.53. The number of aliphatic imine (C=N–C) groups is 1. The van der Waals surface area contributed by atoms with Crippen LogP contribution < -0.4 is 10.6 Å². The molecular weight excluding hydrogens is 493 g/mol. The highest BCUT2D eigenvalue weighted by Gasteiger charge is 2.24. The molecule has 1 aliphatic heterocycles. The molecule has 0 radical (unpaired) electrons. The number of aryl methyl sites for hydroxylation is 2. The molecule has 9 heteroatoms. The van der Waals surface area contributed by atoms with Crippen molar-refractivity contribution < 1.29 is 4.74 Å².